The molecule has 2 aromatic rings. The summed E-state index contributed by atoms with van der Waals surface area (Å²) in [6.07, 6.45) is 4.44. The second kappa shape index (κ2) is 4.48. The lowest BCUT2D eigenvalue weighted by molar-refractivity contribution is 0.203. The lowest BCUT2D eigenvalue weighted by atomic mass is 9.72. The molecule has 2 aromatic heterocycles. The van der Waals surface area contributed by atoms with E-state index in [0.29, 0.717) is 11.7 Å². The van der Waals surface area contributed by atoms with Crippen LogP contribution in [0, 0.1) is 0 Å². The van der Waals surface area contributed by atoms with Gasteiger partial charge in [0.2, 0.25) is 11.7 Å². The molecule has 0 amide bonds. The van der Waals surface area contributed by atoms with Gasteiger partial charge in [-0.25, -0.2) is 0 Å². The summed E-state index contributed by atoms with van der Waals surface area (Å²) in [4.78, 5) is 4.55. The molecule has 1 saturated carbocycles. The SMILES string of the molecule is CC1(c2nc(-c3ccsc3)no2)CCCCC1N. The number of nitrogens with two attached hydrogens (primary N) is 1. The fourth-order valence-corrected chi connectivity index (χ4v) is 3.22. The van der Waals surface area contributed by atoms with E-state index < -0.39 is 0 Å². The van der Waals surface area contributed by atoms with E-state index in [1.165, 1.54) is 12.8 Å². The van der Waals surface area contributed by atoms with E-state index in [0.717, 1.165) is 18.4 Å². The molecule has 1 aliphatic rings. The highest BCUT2D eigenvalue weighted by Gasteiger charge is 2.40. The van der Waals surface area contributed by atoms with Crippen LogP contribution >= 0.6 is 11.3 Å². The third-order valence-electron chi connectivity index (χ3n) is 3.97. The molecule has 4 nitrogen and oxygen atoms in total. The van der Waals surface area contributed by atoms with Gasteiger partial charge in [0.15, 0.2) is 0 Å². The zero-order valence-electron chi connectivity index (χ0n) is 10.4. The first kappa shape index (κ1) is 11.9. The highest BCUT2D eigenvalue weighted by molar-refractivity contribution is 7.08. The third kappa shape index (κ3) is 1.87. The van der Waals surface area contributed by atoms with Crippen molar-refractivity contribution in [3.05, 3.63) is 22.7 Å². The van der Waals surface area contributed by atoms with Crippen LogP contribution in [0.5, 0.6) is 0 Å². The monoisotopic (exact) mass is 263 g/mol. The molecular weight excluding hydrogens is 246 g/mol. The predicted octanol–water partition coefficient (Wildman–Crippen LogP) is 2.96. The molecule has 3 rings (SSSR count). The topological polar surface area (TPSA) is 64.9 Å². The van der Waals surface area contributed by atoms with Crippen LogP contribution in [0.25, 0.3) is 11.4 Å². The van der Waals surface area contributed by atoms with Gasteiger partial charge in [-0.2, -0.15) is 16.3 Å². The van der Waals surface area contributed by atoms with Crippen LogP contribution in [0.2, 0.25) is 0 Å². The van der Waals surface area contributed by atoms with Crippen molar-refractivity contribution < 1.29 is 4.52 Å². The van der Waals surface area contributed by atoms with Gasteiger partial charge in [0, 0.05) is 17.0 Å². The first-order valence-electron chi connectivity index (χ1n) is 6.32. The maximum atomic E-state index is 6.25. The summed E-state index contributed by atoms with van der Waals surface area (Å²) in [5, 5.41) is 8.12. The van der Waals surface area contributed by atoms with Crippen molar-refractivity contribution in [1.82, 2.24) is 10.1 Å². The fraction of sp³-hybridized carbons (Fsp3) is 0.538. The minimum Gasteiger partial charge on any atom is -0.338 e. The first-order chi connectivity index (χ1) is 8.70. The molecule has 0 bridgehead atoms. The Morgan fingerprint density at radius 2 is 2.39 bits per heavy atom. The Bertz CT molecular complexity index is 522. The third-order valence-corrected chi connectivity index (χ3v) is 4.66. The van der Waals surface area contributed by atoms with E-state index in [1.54, 1.807) is 11.3 Å². The molecule has 2 atom stereocenters. The standard InChI is InChI=1S/C13H17N3OS/c1-13(6-3-2-4-10(13)14)12-15-11(16-17-12)9-5-7-18-8-9/h5,7-8,10H,2-4,6,14H2,1H3. The van der Waals surface area contributed by atoms with Gasteiger partial charge < -0.3 is 10.3 Å². The Morgan fingerprint density at radius 1 is 1.50 bits per heavy atom. The van der Waals surface area contributed by atoms with Crippen LogP contribution in [0.1, 0.15) is 38.5 Å². The zero-order valence-corrected chi connectivity index (χ0v) is 11.2. The number of aromatic nitrogens is 2. The molecule has 0 aliphatic heterocycles. The van der Waals surface area contributed by atoms with Gasteiger partial charge in [0.05, 0.1) is 5.41 Å². The Morgan fingerprint density at radius 3 is 3.11 bits per heavy atom. The number of hydrogen-bond donors (Lipinski definition) is 1. The summed E-state index contributed by atoms with van der Waals surface area (Å²) in [5.74, 6) is 1.36. The quantitative estimate of drug-likeness (QED) is 0.904. The Kier molecular flexibility index (Phi) is 2.95. The molecule has 96 valence electrons. The summed E-state index contributed by atoms with van der Waals surface area (Å²) >= 11 is 1.63. The number of thiophene rings is 1. The van der Waals surface area contributed by atoms with Gasteiger partial charge in [-0.3, -0.25) is 0 Å². The molecule has 0 aromatic carbocycles. The van der Waals surface area contributed by atoms with Crippen LogP contribution in [0.15, 0.2) is 21.3 Å². The van der Waals surface area contributed by atoms with Crippen LogP contribution < -0.4 is 5.73 Å². The highest BCUT2D eigenvalue weighted by Crippen LogP contribution is 2.38. The lowest BCUT2D eigenvalue weighted by Crippen LogP contribution is -2.45. The van der Waals surface area contributed by atoms with E-state index in [4.69, 9.17) is 10.3 Å². The average Bonchev–Trinajstić information content (AvgIpc) is 3.01. The van der Waals surface area contributed by atoms with Crippen LogP contribution in [0.4, 0.5) is 0 Å². The van der Waals surface area contributed by atoms with Crippen molar-refractivity contribution >= 4 is 11.3 Å². The number of hydrogen-bond acceptors (Lipinski definition) is 5. The van der Waals surface area contributed by atoms with Gasteiger partial charge in [-0.1, -0.05) is 18.0 Å². The second-order valence-electron chi connectivity index (χ2n) is 5.20. The maximum absolute atomic E-state index is 6.25. The van der Waals surface area contributed by atoms with E-state index >= 15 is 0 Å². The van der Waals surface area contributed by atoms with Crippen molar-refractivity contribution in [2.24, 2.45) is 5.73 Å². The second-order valence-corrected chi connectivity index (χ2v) is 5.98. The molecule has 2 N–H and O–H groups in total. The van der Waals surface area contributed by atoms with Crippen molar-refractivity contribution in [1.29, 1.82) is 0 Å². The zero-order chi connectivity index (χ0) is 12.6. The number of rotatable bonds is 2. The van der Waals surface area contributed by atoms with Gasteiger partial charge in [0.25, 0.3) is 0 Å². The van der Waals surface area contributed by atoms with Gasteiger partial charge in [-0.05, 0) is 31.2 Å². The highest BCUT2D eigenvalue weighted by atomic mass is 32.1. The molecule has 5 heteroatoms. The summed E-state index contributed by atoms with van der Waals surface area (Å²) in [5.41, 5.74) is 7.10. The van der Waals surface area contributed by atoms with Gasteiger partial charge >= 0.3 is 0 Å². The summed E-state index contributed by atoms with van der Waals surface area (Å²) < 4.78 is 5.46. The normalized spacial score (nSPS) is 28.4. The van der Waals surface area contributed by atoms with Gasteiger partial charge in [0.1, 0.15) is 0 Å². The molecule has 0 spiro atoms. The molecule has 2 heterocycles. The Labute approximate surface area is 110 Å². The smallest absolute Gasteiger partial charge is 0.234 e. The largest absolute Gasteiger partial charge is 0.338 e. The molecule has 0 radical (unpaired) electrons. The fourth-order valence-electron chi connectivity index (χ4n) is 2.59. The Balaban J connectivity index is 1.93. The average molecular weight is 263 g/mol. The van der Waals surface area contributed by atoms with E-state index in [-0.39, 0.29) is 11.5 Å². The van der Waals surface area contributed by atoms with Crippen LogP contribution in [-0.4, -0.2) is 16.2 Å². The lowest BCUT2D eigenvalue weighted by Gasteiger charge is -2.35. The summed E-state index contributed by atoms with van der Waals surface area (Å²) in [7, 11) is 0. The first-order valence-corrected chi connectivity index (χ1v) is 7.27. The minimum atomic E-state index is -0.167. The van der Waals surface area contributed by atoms with Crippen LogP contribution in [0.3, 0.4) is 0 Å². The minimum absolute atomic E-state index is 0.113. The summed E-state index contributed by atoms with van der Waals surface area (Å²) in [6.45, 7) is 2.14. The van der Waals surface area contributed by atoms with E-state index in [9.17, 15) is 0 Å². The molecule has 1 aliphatic carbocycles. The maximum Gasteiger partial charge on any atom is 0.234 e. The molecule has 0 saturated heterocycles. The van der Waals surface area contributed by atoms with Gasteiger partial charge in [-0.15, -0.1) is 0 Å². The number of nitrogens with zero attached hydrogens (tertiary/aromatic N) is 2. The molecular formula is C13H17N3OS. The molecule has 1 fully saturated rings. The van der Waals surface area contributed by atoms with Crippen molar-refractivity contribution in [2.75, 3.05) is 0 Å². The van der Waals surface area contributed by atoms with Crippen LogP contribution in [-0.2, 0) is 5.41 Å². The molecule has 2 unspecified atom stereocenters. The Hall–Kier alpha value is -1.20. The van der Waals surface area contributed by atoms with E-state index in [1.807, 2.05) is 16.8 Å². The summed E-state index contributed by atoms with van der Waals surface area (Å²) in [6, 6.07) is 2.12. The van der Waals surface area contributed by atoms with Crippen molar-refractivity contribution in [3.8, 4) is 11.4 Å². The predicted molar refractivity (Wildman–Crippen MR) is 71.4 cm³/mol. The van der Waals surface area contributed by atoms with Crippen molar-refractivity contribution in [3.63, 3.8) is 0 Å². The molecule has 18 heavy (non-hydrogen) atoms. The van der Waals surface area contributed by atoms with Crippen molar-refractivity contribution in [2.45, 2.75) is 44.1 Å². The van der Waals surface area contributed by atoms with E-state index in [2.05, 4.69) is 17.1 Å².